The Bertz CT molecular complexity index is 973. The average molecular weight is 845 g/mol. The van der Waals surface area contributed by atoms with E-state index in [2.05, 4.69) is 19.6 Å². The van der Waals surface area contributed by atoms with Crippen molar-refractivity contribution in [3.8, 4) is 0 Å². The van der Waals surface area contributed by atoms with Gasteiger partial charge in [-0.2, -0.15) is 0 Å². The highest BCUT2D eigenvalue weighted by Gasteiger charge is 2.60. The summed E-state index contributed by atoms with van der Waals surface area (Å²) in [5.74, 6) is 0. The summed E-state index contributed by atoms with van der Waals surface area (Å²) in [5.41, 5.74) is -2.80. The molecule has 4 fully saturated rings. The van der Waals surface area contributed by atoms with Crippen LogP contribution in [0.25, 0.3) is 0 Å². The lowest BCUT2D eigenvalue weighted by atomic mass is 9.91. The molecule has 3 N–H and O–H groups in total. The van der Waals surface area contributed by atoms with Crippen LogP contribution in [0.1, 0.15) is 51.4 Å². The van der Waals surface area contributed by atoms with Gasteiger partial charge in [-0.05, 0) is 105 Å². The molecule has 0 spiro atoms. The van der Waals surface area contributed by atoms with Crippen molar-refractivity contribution in [2.24, 2.45) is 5.41 Å². The second-order valence-electron chi connectivity index (χ2n) is 11.0. The maximum absolute atomic E-state index is 11.9. The maximum atomic E-state index is 11.9. The summed E-state index contributed by atoms with van der Waals surface area (Å²) >= 11 is 24.2. The summed E-state index contributed by atoms with van der Waals surface area (Å²) in [5, 5.41) is 34.2. The van der Waals surface area contributed by atoms with Gasteiger partial charge in [-0.25, -0.2) is 0 Å². The zero-order valence-electron chi connectivity index (χ0n) is 24.7. The molecule has 8 nitrogen and oxygen atoms in total. The lowest BCUT2D eigenvalue weighted by Crippen LogP contribution is -2.55. The lowest BCUT2D eigenvalue weighted by molar-refractivity contribution is -0.0591. The van der Waals surface area contributed by atoms with E-state index in [1.54, 1.807) is 0 Å². The Morgan fingerprint density at radius 3 is 1.27 bits per heavy atom. The molecular formula is C25H40N4O4S12. The molecule has 256 valence electrons. The van der Waals surface area contributed by atoms with Crippen LogP contribution in [0, 0.1) is 5.41 Å². The van der Waals surface area contributed by atoms with Crippen molar-refractivity contribution in [1.82, 2.24) is 19.6 Å². The highest BCUT2D eigenvalue weighted by molar-refractivity contribution is 8.92. The molecule has 0 aromatic rings. The van der Waals surface area contributed by atoms with Gasteiger partial charge in [0.1, 0.15) is 28.1 Å². The Balaban J connectivity index is 1.60. The summed E-state index contributed by atoms with van der Waals surface area (Å²) in [6.07, 6.45) is 8.74. The lowest BCUT2D eigenvalue weighted by Gasteiger charge is -2.47. The Kier molecular flexibility index (Phi) is 18.0. The fraction of sp³-hybridized carbons (Fsp3) is 0.840. The van der Waals surface area contributed by atoms with Crippen molar-refractivity contribution in [2.45, 2.75) is 61.1 Å². The van der Waals surface area contributed by atoms with Gasteiger partial charge in [0, 0.05) is 63.2 Å². The summed E-state index contributed by atoms with van der Waals surface area (Å²) in [4.78, 5) is 8.64. The van der Waals surface area contributed by atoms with Gasteiger partial charge in [0.15, 0.2) is 0 Å². The van der Waals surface area contributed by atoms with Crippen LogP contribution in [0.2, 0.25) is 0 Å². The molecule has 0 bridgehead atoms. The van der Waals surface area contributed by atoms with Crippen molar-refractivity contribution < 1.29 is 19.5 Å². The third-order valence-electron chi connectivity index (χ3n) is 8.01. The second-order valence-corrected chi connectivity index (χ2v) is 22.4. The number of hydrogen-bond donors (Lipinski definition) is 3. The molecular weight excluding hydrogens is 805 g/mol. The molecule has 20 heteroatoms. The molecule has 4 aliphatic heterocycles. The quantitative estimate of drug-likeness (QED) is 0.0777. The predicted molar refractivity (Wildman–Crippen MR) is 221 cm³/mol. The van der Waals surface area contributed by atoms with Crippen molar-refractivity contribution in [3.63, 3.8) is 0 Å². The first-order valence-corrected chi connectivity index (χ1v) is 25.1. The van der Waals surface area contributed by atoms with Crippen molar-refractivity contribution in [3.05, 3.63) is 0 Å². The first-order valence-electron chi connectivity index (χ1n) is 14.9. The van der Waals surface area contributed by atoms with E-state index in [1.165, 1.54) is 64.8 Å². The first kappa shape index (κ1) is 40.0. The number of aliphatic hydroxyl groups excluding tert-OH is 3. The number of thiocarbonyl (C=S) groups is 4. The zero-order chi connectivity index (χ0) is 32.3. The molecule has 4 heterocycles. The summed E-state index contributed by atoms with van der Waals surface area (Å²) in [7, 11) is 9.16. The van der Waals surface area contributed by atoms with E-state index in [-0.39, 0.29) is 0 Å². The molecule has 0 radical (unpaired) electrons. The molecule has 4 rings (SSSR count). The molecule has 1 unspecified atom stereocenters. The smallest absolute Gasteiger partial charge is 0.208 e. The second kappa shape index (κ2) is 20.3. The number of nitrogens with zero attached hydrogens (tertiary/aromatic N) is 4. The van der Waals surface area contributed by atoms with Crippen LogP contribution in [0.5, 0.6) is 0 Å². The fourth-order valence-corrected chi connectivity index (χ4v) is 18.5. The summed E-state index contributed by atoms with van der Waals surface area (Å²) < 4.78 is 8.12. The van der Waals surface area contributed by atoms with Gasteiger partial charge in [0.25, 0.3) is 0 Å². The van der Waals surface area contributed by atoms with E-state index in [9.17, 15) is 15.3 Å². The molecule has 0 amide bonds. The molecule has 0 aromatic heterocycles. The highest BCUT2D eigenvalue weighted by Crippen LogP contribution is 2.64. The van der Waals surface area contributed by atoms with Gasteiger partial charge in [-0.1, -0.05) is 59.7 Å². The van der Waals surface area contributed by atoms with Gasteiger partial charge in [0.2, 0.25) is 4.27 Å². The van der Waals surface area contributed by atoms with Crippen molar-refractivity contribution in [2.75, 3.05) is 65.6 Å². The van der Waals surface area contributed by atoms with Crippen LogP contribution in [0.4, 0.5) is 0 Å². The molecule has 45 heavy (non-hydrogen) atoms. The standard InChI is InChI=1S/C25H40N4O4S12/c30-17-24(18-31,19(32)38-39-20(34)26-9-1-2-10-26)25(43-40-21(35)27-11-3-4-12-27,44-41-22(36)28-13-5-6-14-28)33-45-42-23(37)29-15-7-8-16-29/h19,30-32H,1-18H2. The van der Waals surface area contributed by atoms with E-state index >= 15 is 0 Å². The van der Waals surface area contributed by atoms with Gasteiger partial charge in [-0.3, -0.25) is 4.18 Å². The Hall–Kier alpha value is 2.20. The zero-order valence-corrected chi connectivity index (χ0v) is 34.5. The van der Waals surface area contributed by atoms with Crippen LogP contribution in [-0.4, -0.2) is 127 Å². The fourth-order valence-electron chi connectivity index (χ4n) is 5.10. The highest BCUT2D eigenvalue weighted by atomic mass is 33.1. The van der Waals surface area contributed by atoms with E-state index in [0.29, 0.717) is 13.0 Å². The van der Waals surface area contributed by atoms with Crippen molar-refractivity contribution in [1.29, 1.82) is 0 Å². The minimum atomic E-state index is -1.55. The van der Waals surface area contributed by atoms with Crippen LogP contribution < -0.4 is 0 Å². The predicted octanol–water partition coefficient (Wildman–Crippen LogP) is 6.91. The molecule has 0 aromatic carbocycles. The van der Waals surface area contributed by atoms with Crippen LogP contribution >= 0.6 is 136 Å². The largest absolute Gasteiger partial charge is 0.395 e. The Morgan fingerprint density at radius 1 is 0.578 bits per heavy atom. The van der Waals surface area contributed by atoms with E-state index < -0.39 is 28.3 Å². The van der Waals surface area contributed by atoms with Gasteiger partial charge in [-0.15, -0.1) is 0 Å². The van der Waals surface area contributed by atoms with E-state index in [4.69, 9.17) is 53.1 Å². The van der Waals surface area contributed by atoms with Crippen LogP contribution in [0.3, 0.4) is 0 Å². The first-order chi connectivity index (χ1) is 21.7. The minimum absolute atomic E-state index is 0.551. The van der Waals surface area contributed by atoms with Crippen LogP contribution in [0.15, 0.2) is 0 Å². The minimum Gasteiger partial charge on any atom is -0.395 e. The number of rotatable bonds is 13. The normalized spacial score (nSPS) is 20.0. The Morgan fingerprint density at radius 2 is 0.911 bits per heavy atom. The Labute approximate surface area is 320 Å². The third-order valence-corrected chi connectivity index (χ3v) is 22.0. The summed E-state index contributed by atoms with van der Waals surface area (Å²) in [6.45, 7) is 6.10. The van der Waals surface area contributed by atoms with Gasteiger partial charge in [0.05, 0.1) is 24.3 Å². The van der Waals surface area contributed by atoms with E-state index in [0.717, 1.165) is 130 Å². The number of hydrogen-bond acceptors (Lipinski definition) is 16. The molecule has 0 aliphatic carbocycles. The average Bonchev–Trinajstić information content (AvgIpc) is 3.89. The monoisotopic (exact) mass is 844 g/mol. The third kappa shape index (κ3) is 10.9. The number of aliphatic hydroxyl groups is 3. The van der Waals surface area contributed by atoms with Gasteiger partial charge < -0.3 is 34.9 Å². The summed E-state index contributed by atoms with van der Waals surface area (Å²) in [6, 6.07) is 0. The SMILES string of the molecule is OCC(CO)(C(O)SSC(=S)N1CCCC1)C(OSSC(=S)N1CCCC1)(SSC(=S)N1CCCC1)SSC(=S)N1CCCC1. The van der Waals surface area contributed by atoms with Crippen molar-refractivity contribution >= 4 is 153 Å². The topological polar surface area (TPSA) is 82.9 Å². The molecule has 0 saturated carbocycles. The molecule has 1 atom stereocenters. The maximum Gasteiger partial charge on any atom is 0.208 e. The van der Waals surface area contributed by atoms with Gasteiger partial charge >= 0.3 is 0 Å². The molecule has 4 aliphatic rings. The van der Waals surface area contributed by atoms with Crippen LogP contribution in [-0.2, 0) is 4.18 Å². The van der Waals surface area contributed by atoms with E-state index in [1.807, 2.05) is 0 Å². The number of likely N-dealkylation sites (tertiary alicyclic amines) is 4. The molecule has 4 saturated heterocycles.